The Balaban J connectivity index is 1.41. The number of rotatable bonds is 3. The quantitative estimate of drug-likeness (QED) is 0.894. The number of anilines is 1. The van der Waals surface area contributed by atoms with Gasteiger partial charge in [-0.05, 0) is 53.6 Å². The van der Waals surface area contributed by atoms with Crippen LogP contribution in [0.1, 0.15) is 41.5 Å². The number of carbonyl (C=O) groups is 1. The van der Waals surface area contributed by atoms with Crippen molar-refractivity contribution in [2.24, 2.45) is 4.99 Å². The van der Waals surface area contributed by atoms with Crippen molar-refractivity contribution in [1.82, 2.24) is 5.32 Å². The number of hydrogen-bond acceptors (Lipinski definition) is 3. The Morgan fingerprint density at radius 3 is 2.63 bits per heavy atom. The highest BCUT2D eigenvalue weighted by Crippen LogP contribution is 2.35. The zero-order chi connectivity index (χ0) is 18.2. The van der Waals surface area contributed by atoms with Crippen LogP contribution in [0.4, 0.5) is 16.2 Å². The second-order valence-electron chi connectivity index (χ2n) is 7.45. The van der Waals surface area contributed by atoms with E-state index in [-0.39, 0.29) is 12.1 Å². The van der Waals surface area contributed by atoms with Gasteiger partial charge in [0.1, 0.15) is 0 Å². The Kier molecular flexibility index (Phi) is 4.17. The van der Waals surface area contributed by atoms with Gasteiger partial charge in [-0.2, -0.15) is 0 Å². The van der Waals surface area contributed by atoms with Crippen LogP contribution in [0.5, 0.6) is 0 Å². The molecule has 1 atom stereocenters. The average Bonchev–Trinajstić information content (AvgIpc) is 3.34. The minimum absolute atomic E-state index is 0.0154. The van der Waals surface area contributed by atoms with Crippen LogP contribution in [0.2, 0.25) is 0 Å². The van der Waals surface area contributed by atoms with Gasteiger partial charge in [0, 0.05) is 38.1 Å². The first-order chi connectivity index (χ1) is 13.3. The summed E-state index contributed by atoms with van der Waals surface area (Å²) in [5.74, 6) is 0.587. The molecular formula is C22H23N3O2. The highest BCUT2D eigenvalue weighted by molar-refractivity contribution is 5.96. The highest BCUT2D eigenvalue weighted by Gasteiger charge is 2.33. The van der Waals surface area contributed by atoms with Crippen LogP contribution in [0.3, 0.4) is 0 Å². The van der Waals surface area contributed by atoms with Crippen molar-refractivity contribution in [1.29, 1.82) is 0 Å². The Bertz CT molecular complexity index is 885. The van der Waals surface area contributed by atoms with Crippen LogP contribution < -0.4 is 10.2 Å². The van der Waals surface area contributed by atoms with Gasteiger partial charge < -0.3 is 10.1 Å². The first kappa shape index (κ1) is 16.5. The molecule has 0 radical (unpaired) electrons. The summed E-state index contributed by atoms with van der Waals surface area (Å²) in [6.07, 6.45) is 4.94. The fourth-order valence-electron chi connectivity index (χ4n) is 4.34. The molecule has 2 amide bonds. The maximum absolute atomic E-state index is 12.5. The number of fused-ring (bicyclic) bond motifs is 1. The predicted octanol–water partition coefficient (Wildman–Crippen LogP) is 4.11. The molecule has 5 heteroatoms. The molecule has 2 fully saturated rings. The zero-order valence-corrected chi connectivity index (χ0v) is 15.2. The lowest BCUT2D eigenvalue weighted by molar-refractivity contribution is 0.0853. The summed E-state index contributed by atoms with van der Waals surface area (Å²) in [6.45, 7) is 2.33. The molecule has 0 spiro atoms. The number of benzene rings is 2. The molecule has 27 heavy (non-hydrogen) atoms. The van der Waals surface area contributed by atoms with Crippen molar-refractivity contribution in [2.75, 3.05) is 24.7 Å². The van der Waals surface area contributed by atoms with Gasteiger partial charge in [0.15, 0.2) is 0 Å². The topological polar surface area (TPSA) is 53.9 Å². The van der Waals surface area contributed by atoms with Crippen LogP contribution in [-0.2, 0) is 11.2 Å². The molecule has 2 saturated heterocycles. The van der Waals surface area contributed by atoms with Crippen molar-refractivity contribution >= 4 is 23.6 Å². The molecular weight excluding hydrogens is 338 g/mol. The number of urea groups is 1. The Labute approximate surface area is 159 Å². The minimum Gasteiger partial charge on any atom is -0.381 e. The third kappa shape index (κ3) is 3.02. The third-order valence-electron chi connectivity index (χ3n) is 5.87. The van der Waals surface area contributed by atoms with Gasteiger partial charge in [-0.15, -0.1) is 0 Å². The molecule has 2 aromatic rings. The molecule has 0 saturated carbocycles. The maximum Gasteiger partial charge on any atom is 0.322 e. The molecule has 3 aliphatic rings. The molecule has 0 aromatic heterocycles. The first-order valence-electron chi connectivity index (χ1n) is 9.70. The zero-order valence-electron chi connectivity index (χ0n) is 15.2. The lowest BCUT2D eigenvalue weighted by Gasteiger charge is -2.25. The van der Waals surface area contributed by atoms with E-state index >= 15 is 0 Å². The summed E-state index contributed by atoms with van der Waals surface area (Å²) in [5.41, 5.74) is 5.67. The van der Waals surface area contributed by atoms with Crippen LogP contribution in [0.25, 0.3) is 0 Å². The summed E-state index contributed by atoms with van der Waals surface area (Å²) in [5, 5.41) is 3.00. The number of nitrogens with zero attached hydrogens (tertiary/aromatic N) is 2. The summed E-state index contributed by atoms with van der Waals surface area (Å²) >= 11 is 0. The van der Waals surface area contributed by atoms with Gasteiger partial charge in [-0.1, -0.05) is 24.3 Å². The number of aliphatic imine (C=N–C) groups is 1. The minimum atomic E-state index is -0.0348. The molecule has 3 aliphatic heterocycles. The highest BCUT2D eigenvalue weighted by atomic mass is 16.5. The van der Waals surface area contributed by atoms with Gasteiger partial charge in [0.2, 0.25) is 0 Å². The average molecular weight is 361 g/mol. The lowest BCUT2D eigenvalue weighted by atomic mass is 9.90. The first-order valence-corrected chi connectivity index (χ1v) is 9.70. The second-order valence-corrected chi connectivity index (χ2v) is 7.45. The van der Waals surface area contributed by atoms with Crippen LogP contribution in [0.15, 0.2) is 47.5 Å². The molecule has 1 N–H and O–H groups in total. The number of ether oxygens (including phenoxy) is 1. The van der Waals surface area contributed by atoms with E-state index in [2.05, 4.69) is 40.6 Å². The van der Waals surface area contributed by atoms with E-state index in [4.69, 9.17) is 4.74 Å². The third-order valence-corrected chi connectivity index (χ3v) is 5.87. The number of nitrogens with one attached hydrogen (secondary N) is 1. The van der Waals surface area contributed by atoms with Crippen LogP contribution in [0, 0.1) is 0 Å². The van der Waals surface area contributed by atoms with E-state index in [1.165, 1.54) is 16.7 Å². The normalized spacial score (nSPS) is 22.1. The molecule has 2 aromatic carbocycles. The molecule has 5 nitrogen and oxygen atoms in total. The second kappa shape index (κ2) is 6.82. The van der Waals surface area contributed by atoms with Gasteiger partial charge >= 0.3 is 6.03 Å². The Morgan fingerprint density at radius 1 is 1.04 bits per heavy atom. The smallest absolute Gasteiger partial charge is 0.322 e. The van der Waals surface area contributed by atoms with Crippen molar-refractivity contribution in [3.63, 3.8) is 0 Å². The van der Waals surface area contributed by atoms with Gasteiger partial charge in [-0.3, -0.25) is 9.89 Å². The van der Waals surface area contributed by atoms with Crippen molar-refractivity contribution in [3.05, 3.63) is 59.2 Å². The number of amides is 2. The van der Waals surface area contributed by atoms with E-state index < -0.39 is 0 Å². The van der Waals surface area contributed by atoms with E-state index in [0.29, 0.717) is 12.5 Å². The summed E-state index contributed by atoms with van der Waals surface area (Å²) in [4.78, 5) is 18.8. The van der Waals surface area contributed by atoms with Gasteiger partial charge in [-0.25, -0.2) is 4.79 Å². The molecule has 1 unspecified atom stereocenters. The SMILES string of the molecule is O=C1NCC(c2ccc(C3CCOCC3)cc2)N1c1ccc2c(c1)CC=N2. The maximum atomic E-state index is 12.5. The van der Waals surface area contributed by atoms with Gasteiger partial charge in [0.05, 0.1) is 11.7 Å². The molecule has 0 bridgehead atoms. The standard InChI is InChI=1S/C22H23N3O2/c26-22-24-14-21(25(22)19-5-6-20-18(13-19)7-10-23-20)17-3-1-15(2-4-17)16-8-11-27-12-9-16/h1-6,10,13,16,21H,7-9,11-12,14H2,(H,24,26). The monoisotopic (exact) mass is 361 g/mol. The fraction of sp³-hybridized carbons (Fsp3) is 0.364. The largest absolute Gasteiger partial charge is 0.381 e. The van der Waals surface area contributed by atoms with Gasteiger partial charge in [0.25, 0.3) is 0 Å². The Hall–Kier alpha value is -2.66. The van der Waals surface area contributed by atoms with Crippen molar-refractivity contribution < 1.29 is 9.53 Å². The molecule has 3 heterocycles. The van der Waals surface area contributed by atoms with E-state index in [9.17, 15) is 4.79 Å². The van der Waals surface area contributed by atoms with Crippen LogP contribution >= 0.6 is 0 Å². The van der Waals surface area contributed by atoms with E-state index in [1.807, 2.05) is 23.2 Å². The molecule has 5 rings (SSSR count). The number of carbonyl (C=O) groups excluding carboxylic acids is 1. The van der Waals surface area contributed by atoms with Crippen molar-refractivity contribution in [2.45, 2.75) is 31.2 Å². The van der Waals surface area contributed by atoms with Crippen molar-refractivity contribution in [3.8, 4) is 0 Å². The number of hydrogen-bond donors (Lipinski definition) is 1. The summed E-state index contributed by atoms with van der Waals surface area (Å²) in [7, 11) is 0. The van der Waals surface area contributed by atoms with E-state index in [1.54, 1.807) is 0 Å². The summed E-state index contributed by atoms with van der Waals surface area (Å²) < 4.78 is 5.47. The Morgan fingerprint density at radius 2 is 1.81 bits per heavy atom. The predicted molar refractivity (Wildman–Crippen MR) is 106 cm³/mol. The summed E-state index contributed by atoms with van der Waals surface area (Å²) in [6, 6.07) is 14.9. The van der Waals surface area contributed by atoms with Crippen LogP contribution in [-0.4, -0.2) is 32.0 Å². The molecule has 0 aliphatic carbocycles. The fourth-order valence-corrected chi connectivity index (χ4v) is 4.34. The van der Waals surface area contributed by atoms with E-state index in [0.717, 1.165) is 43.9 Å². The lowest BCUT2D eigenvalue weighted by Crippen LogP contribution is -2.29. The molecule has 138 valence electrons.